The quantitative estimate of drug-likeness (QED) is 0.736. The number of fused-ring (bicyclic) bond motifs is 1. The maximum absolute atomic E-state index is 4.99. The number of thiocarbonyl (C=S) groups is 1. The molecule has 7 heteroatoms. The molecule has 2 aromatic heterocycles. The third-order valence-electron chi connectivity index (χ3n) is 1.54. The number of anilines is 1. The SMILES string of the molecule is CSC(=S)Nc1nc2cnccn2n1. The van der Waals surface area contributed by atoms with E-state index < -0.39 is 0 Å². The molecule has 1 N–H and O–H groups in total. The van der Waals surface area contributed by atoms with Gasteiger partial charge in [-0.3, -0.25) is 4.98 Å². The summed E-state index contributed by atoms with van der Waals surface area (Å²) in [5.74, 6) is 0.498. The molecule has 0 aliphatic rings. The molecule has 2 aromatic rings. The van der Waals surface area contributed by atoms with Crippen molar-refractivity contribution in [2.24, 2.45) is 0 Å². The van der Waals surface area contributed by atoms with Crippen LogP contribution < -0.4 is 5.32 Å². The Labute approximate surface area is 89.9 Å². The minimum Gasteiger partial charge on any atom is -0.308 e. The number of nitrogens with zero attached hydrogens (tertiary/aromatic N) is 4. The Morgan fingerprint density at radius 1 is 1.64 bits per heavy atom. The van der Waals surface area contributed by atoms with Crippen molar-refractivity contribution < 1.29 is 0 Å². The molecule has 5 nitrogen and oxygen atoms in total. The van der Waals surface area contributed by atoms with Crippen LogP contribution in [-0.4, -0.2) is 30.2 Å². The maximum Gasteiger partial charge on any atom is 0.248 e. The van der Waals surface area contributed by atoms with Crippen molar-refractivity contribution in [3.63, 3.8) is 0 Å². The maximum atomic E-state index is 4.99. The Kier molecular flexibility index (Phi) is 2.60. The summed E-state index contributed by atoms with van der Waals surface area (Å²) < 4.78 is 2.28. The summed E-state index contributed by atoms with van der Waals surface area (Å²) in [4.78, 5) is 8.11. The van der Waals surface area contributed by atoms with Crippen molar-refractivity contribution in [3.8, 4) is 0 Å². The number of thioether (sulfide) groups is 1. The van der Waals surface area contributed by atoms with E-state index in [1.54, 1.807) is 23.1 Å². The van der Waals surface area contributed by atoms with E-state index in [2.05, 4.69) is 20.4 Å². The molecule has 0 fully saturated rings. The van der Waals surface area contributed by atoms with E-state index in [9.17, 15) is 0 Å². The lowest BCUT2D eigenvalue weighted by atomic mass is 10.7. The Balaban J connectivity index is 2.31. The van der Waals surface area contributed by atoms with Crippen molar-refractivity contribution >= 4 is 39.9 Å². The van der Waals surface area contributed by atoms with Crippen LogP contribution in [-0.2, 0) is 0 Å². The molecule has 0 bridgehead atoms. The molecule has 0 unspecified atom stereocenters. The zero-order valence-electron chi connectivity index (χ0n) is 7.34. The van der Waals surface area contributed by atoms with Crippen LogP contribution in [0.1, 0.15) is 0 Å². The molecule has 72 valence electrons. The van der Waals surface area contributed by atoms with E-state index in [4.69, 9.17) is 12.2 Å². The van der Waals surface area contributed by atoms with Gasteiger partial charge in [-0.05, 0) is 6.26 Å². The first kappa shape index (κ1) is 9.35. The van der Waals surface area contributed by atoms with E-state index in [1.165, 1.54) is 11.8 Å². The fraction of sp³-hybridized carbons (Fsp3) is 0.143. The largest absolute Gasteiger partial charge is 0.308 e. The van der Waals surface area contributed by atoms with Crippen LogP contribution in [0.5, 0.6) is 0 Å². The van der Waals surface area contributed by atoms with Crippen LogP contribution >= 0.6 is 24.0 Å². The monoisotopic (exact) mass is 225 g/mol. The lowest BCUT2D eigenvalue weighted by Crippen LogP contribution is -2.05. The van der Waals surface area contributed by atoms with Gasteiger partial charge in [0.2, 0.25) is 5.95 Å². The second-order valence-electron chi connectivity index (χ2n) is 2.43. The molecule has 2 rings (SSSR count). The summed E-state index contributed by atoms with van der Waals surface area (Å²) in [6, 6.07) is 0. The molecule has 14 heavy (non-hydrogen) atoms. The zero-order valence-corrected chi connectivity index (χ0v) is 8.97. The minimum absolute atomic E-state index is 0.498. The Morgan fingerprint density at radius 2 is 2.50 bits per heavy atom. The van der Waals surface area contributed by atoms with Crippen LogP contribution in [0.25, 0.3) is 5.65 Å². The average molecular weight is 225 g/mol. The Morgan fingerprint density at radius 3 is 3.21 bits per heavy atom. The van der Waals surface area contributed by atoms with E-state index in [1.807, 2.05) is 6.26 Å². The minimum atomic E-state index is 0.498. The van der Waals surface area contributed by atoms with Gasteiger partial charge in [0.25, 0.3) is 0 Å². The van der Waals surface area contributed by atoms with Gasteiger partial charge in [0.15, 0.2) is 5.65 Å². The molecule has 0 saturated heterocycles. The Bertz CT molecular complexity index is 433. The summed E-state index contributed by atoms with van der Waals surface area (Å²) in [5, 5.41) is 7.06. The third-order valence-corrected chi connectivity index (χ3v) is 2.62. The third kappa shape index (κ3) is 1.83. The van der Waals surface area contributed by atoms with Crippen LogP contribution in [0, 0.1) is 0 Å². The smallest absolute Gasteiger partial charge is 0.248 e. The van der Waals surface area contributed by atoms with Crippen LogP contribution in [0.15, 0.2) is 18.6 Å². The van der Waals surface area contributed by atoms with E-state index >= 15 is 0 Å². The zero-order chi connectivity index (χ0) is 9.97. The highest BCUT2D eigenvalue weighted by Crippen LogP contribution is 2.06. The number of hydrogen-bond donors (Lipinski definition) is 1. The molecule has 0 atom stereocenters. The first-order valence-electron chi connectivity index (χ1n) is 3.81. The standard InChI is InChI=1S/C7H7N5S2/c1-14-7(13)10-6-9-5-4-8-2-3-12(5)11-6/h2-4H,1H3,(H,10,11,13). The topological polar surface area (TPSA) is 55.1 Å². The molecular formula is C7H7N5S2. The molecular weight excluding hydrogens is 218 g/mol. The summed E-state index contributed by atoms with van der Waals surface area (Å²) in [6.45, 7) is 0. The molecule has 0 aromatic carbocycles. The van der Waals surface area contributed by atoms with Gasteiger partial charge in [-0.25, -0.2) is 4.52 Å². The fourth-order valence-corrected chi connectivity index (χ4v) is 1.22. The lowest BCUT2D eigenvalue weighted by molar-refractivity contribution is 0.951. The van der Waals surface area contributed by atoms with Gasteiger partial charge < -0.3 is 5.32 Å². The summed E-state index contributed by atoms with van der Waals surface area (Å²) in [5.41, 5.74) is 0.693. The van der Waals surface area contributed by atoms with Crippen LogP contribution in [0.4, 0.5) is 5.95 Å². The molecule has 0 saturated carbocycles. The van der Waals surface area contributed by atoms with Crippen LogP contribution in [0.2, 0.25) is 0 Å². The lowest BCUT2D eigenvalue weighted by Gasteiger charge is -1.96. The highest BCUT2D eigenvalue weighted by molar-refractivity contribution is 8.22. The average Bonchev–Trinajstić information content (AvgIpc) is 2.59. The van der Waals surface area contributed by atoms with Gasteiger partial charge in [-0.1, -0.05) is 12.2 Å². The van der Waals surface area contributed by atoms with E-state index in [0.29, 0.717) is 15.9 Å². The highest BCUT2D eigenvalue weighted by Gasteiger charge is 2.03. The number of hydrogen-bond acceptors (Lipinski definition) is 5. The number of nitrogens with one attached hydrogen (secondary N) is 1. The van der Waals surface area contributed by atoms with Crippen molar-refractivity contribution in [2.45, 2.75) is 0 Å². The molecule has 0 spiro atoms. The van der Waals surface area contributed by atoms with Crippen molar-refractivity contribution in [2.75, 3.05) is 11.6 Å². The van der Waals surface area contributed by atoms with E-state index in [-0.39, 0.29) is 0 Å². The van der Waals surface area contributed by atoms with Gasteiger partial charge in [-0.15, -0.1) is 16.9 Å². The predicted octanol–water partition coefficient (Wildman–Crippen LogP) is 1.18. The molecule has 0 aliphatic heterocycles. The first-order valence-corrected chi connectivity index (χ1v) is 5.44. The number of aromatic nitrogens is 4. The van der Waals surface area contributed by atoms with E-state index in [0.717, 1.165) is 0 Å². The second-order valence-corrected chi connectivity index (χ2v) is 3.91. The fourth-order valence-electron chi connectivity index (χ4n) is 0.940. The van der Waals surface area contributed by atoms with Crippen molar-refractivity contribution in [1.29, 1.82) is 0 Å². The summed E-state index contributed by atoms with van der Waals surface area (Å²) in [7, 11) is 0. The van der Waals surface area contributed by atoms with Crippen molar-refractivity contribution in [3.05, 3.63) is 18.6 Å². The molecule has 0 amide bonds. The Hall–Kier alpha value is -1.21. The van der Waals surface area contributed by atoms with Gasteiger partial charge >= 0.3 is 0 Å². The van der Waals surface area contributed by atoms with Crippen LogP contribution in [0.3, 0.4) is 0 Å². The van der Waals surface area contributed by atoms with Gasteiger partial charge in [0.1, 0.15) is 4.32 Å². The van der Waals surface area contributed by atoms with Gasteiger partial charge in [0, 0.05) is 12.4 Å². The molecule has 0 aliphatic carbocycles. The highest BCUT2D eigenvalue weighted by atomic mass is 32.2. The van der Waals surface area contributed by atoms with Gasteiger partial charge in [0.05, 0.1) is 6.20 Å². The molecule has 2 heterocycles. The predicted molar refractivity (Wildman–Crippen MR) is 60.5 cm³/mol. The number of rotatable bonds is 1. The summed E-state index contributed by atoms with van der Waals surface area (Å²) in [6.07, 6.45) is 6.92. The first-order chi connectivity index (χ1) is 6.79. The normalized spacial score (nSPS) is 10.4. The molecule has 0 radical (unpaired) electrons. The van der Waals surface area contributed by atoms with Gasteiger partial charge in [-0.2, -0.15) is 4.98 Å². The second kappa shape index (κ2) is 3.89. The summed E-state index contributed by atoms with van der Waals surface area (Å²) >= 11 is 6.43. The van der Waals surface area contributed by atoms with Crippen molar-refractivity contribution in [1.82, 2.24) is 19.6 Å².